The molecule has 1 aromatic rings. The molecule has 0 aliphatic heterocycles. The fourth-order valence-electron chi connectivity index (χ4n) is 1.31. The van der Waals surface area contributed by atoms with Gasteiger partial charge in [-0.25, -0.2) is 0 Å². The van der Waals surface area contributed by atoms with Gasteiger partial charge in [0, 0.05) is 0 Å². The van der Waals surface area contributed by atoms with Crippen molar-refractivity contribution in [2.75, 3.05) is 0 Å². The van der Waals surface area contributed by atoms with Crippen LogP contribution in [0.25, 0.3) is 0 Å². The van der Waals surface area contributed by atoms with Gasteiger partial charge in [-0.1, -0.05) is 27.2 Å². The number of aryl methyl sites for hydroxylation is 1. The van der Waals surface area contributed by atoms with Gasteiger partial charge in [0.15, 0.2) is 5.75 Å². The molecule has 0 atom stereocenters. The van der Waals surface area contributed by atoms with Gasteiger partial charge in [-0.15, -0.1) is 0 Å². The Morgan fingerprint density at radius 2 is 2.15 bits per heavy atom. The summed E-state index contributed by atoms with van der Waals surface area (Å²) in [5.74, 6) is 0.673. The molecule has 0 bridgehead atoms. The number of hydrogen-bond acceptors (Lipinski definition) is 2. The highest BCUT2D eigenvalue weighted by Crippen LogP contribution is 2.26. The first-order valence-electron chi connectivity index (χ1n) is 4.92. The molecular weight excluding hydrogens is 164 g/mol. The van der Waals surface area contributed by atoms with Crippen LogP contribution in [0.1, 0.15) is 50.9 Å². The molecule has 0 fully saturated rings. The third-order valence-corrected chi connectivity index (χ3v) is 2.18. The van der Waals surface area contributed by atoms with Gasteiger partial charge in [0.05, 0.1) is 5.69 Å². The molecule has 0 amide bonds. The molecule has 13 heavy (non-hydrogen) atoms. The number of nitrogens with one attached hydrogen (secondary N) is 1. The maximum Gasteiger partial charge on any atom is 0.160 e. The van der Waals surface area contributed by atoms with E-state index >= 15 is 0 Å². The average Bonchev–Trinajstić information content (AvgIpc) is 2.43. The summed E-state index contributed by atoms with van der Waals surface area (Å²) in [6, 6.07) is 0. The van der Waals surface area contributed by atoms with E-state index in [1.54, 1.807) is 0 Å². The molecule has 1 heterocycles. The Kier molecular flexibility index (Phi) is 3.34. The van der Waals surface area contributed by atoms with Crippen molar-refractivity contribution in [3.05, 3.63) is 11.4 Å². The van der Waals surface area contributed by atoms with Gasteiger partial charge >= 0.3 is 0 Å². The monoisotopic (exact) mass is 182 g/mol. The third-order valence-electron chi connectivity index (χ3n) is 2.18. The van der Waals surface area contributed by atoms with Crippen LogP contribution in [-0.2, 0) is 6.42 Å². The molecule has 3 heteroatoms. The predicted octanol–water partition coefficient (Wildman–Crippen LogP) is 2.58. The lowest BCUT2D eigenvalue weighted by molar-refractivity contribution is 0.457. The second-order valence-corrected chi connectivity index (χ2v) is 3.69. The van der Waals surface area contributed by atoms with E-state index in [9.17, 15) is 5.11 Å². The largest absolute Gasteiger partial charge is 0.504 e. The summed E-state index contributed by atoms with van der Waals surface area (Å²) >= 11 is 0. The fraction of sp³-hybridized carbons (Fsp3) is 0.700. The smallest absolute Gasteiger partial charge is 0.160 e. The highest BCUT2D eigenvalue weighted by molar-refractivity contribution is 5.33. The number of aromatic nitrogens is 2. The van der Waals surface area contributed by atoms with Crippen molar-refractivity contribution < 1.29 is 5.11 Å². The maximum atomic E-state index is 9.73. The number of nitrogens with zero attached hydrogens (tertiary/aromatic N) is 1. The molecule has 3 nitrogen and oxygen atoms in total. The molecule has 0 radical (unpaired) electrons. The molecule has 74 valence electrons. The number of hydrogen-bond donors (Lipinski definition) is 2. The zero-order valence-electron chi connectivity index (χ0n) is 8.59. The Hall–Kier alpha value is -0.990. The number of unbranched alkanes of at least 4 members (excludes halogenated alkanes) is 1. The SMILES string of the molecule is CCCCc1n[nH]c(C(C)C)c1O. The van der Waals surface area contributed by atoms with Crippen LogP contribution in [0, 0.1) is 0 Å². The number of aromatic hydroxyl groups is 1. The summed E-state index contributed by atoms with van der Waals surface area (Å²) < 4.78 is 0. The average molecular weight is 182 g/mol. The van der Waals surface area contributed by atoms with Crippen molar-refractivity contribution in [3.8, 4) is 5.75 Å². The Balaban J connectivity index is 2.74. The maximum absolute atomic E-state index is 9.73. The molecule has 0 aliphatic carbocycles. The van der Waals surface area contributed by atoms with E-state index in [0.717, 1.165) is 30.7 Å². The molecule has 0 spiro atoms. The molecule has 2 N–H and O–H groups in total. The molecule has 1 aromatic heterocycles. The van der Waals surface area contributed by atoms with Crippen LogP contribution in [-0.4, -0.2) is 15.3 Å². The van der Waals surface area contributed by atoms with Crippen molar-refractivity contribution in [2.45, 2.75) is 46.0 Å². The van der Waals surface area contributed by atoms with Crippen molar-refractivity contribution in [2.24, 2.45) is 0 Å². The summed E-state index contributed by atoms with van der Waals surface area (Å²) in [4.78, 5) is 0. The molecule has 0 unspecified atom stereocenters. The quantitative estimate of drug-likeness (QED) is 0.751. The van der Waals surface area contributed by atoms with E-state index in [4.69, 9.17) is 0 Å². The van der Waals surface area contributed by atoms with Crippen LogP contribution in [0.15, 0.2) is 0 Å². The van der Waals surface area contributed by atoms with Crippen LogP contribution < -0.4 is 0 Å². The molecule has 0 aliphatic rings. The Morgan fingerprint density at radius 1 is 1.46 bits per heavy atom. The van der Waals surface area contributed by atoms with E-state index in [-0.39, 0.29) is 0 Å². The summed E-state index contributed by atoms with van der Waals surface area (Å²) in [6.07, 6.45) is 3.07. The molecular formula is C10H18N2O. The lowest BCUT2D eigenvalue weighted by Gasteiger charge is -2.01. The summed E-state index contributed by atoms with van der Waals surface area (Å²) in [5, 5.41) is 16.7. The second kappa shape index (κ2) is 4.30. The van der Waals surface area contributed by atoms with Crippen molar-refractivity contribution >= 4 is 0 Å². The van der Waals surface area contributed by atoms with Crippen LogP contribution in [0.3, 0.4) is 0 Å². The van der Waals surface area contributed by atoms with E-state index in [0.29, 0.717) is 11.7 Å². The summed E-state index contributed by atoms with van der Waals surface area (Å²) in [6.45, 7) is 6.21. The van der Waals surface area contributed by atoms with E-state index < -0.39 is 0 Å². The van der Waals surface area contributed by atoms with Crippen LogP contribution >= 0.6 is 0 Å². The number of H-pyrrole nitrogens is 1. The minimum atomic E-state index is 0.308. The number of rotatable bonds is 4. The standard InChI is InChI=1S/C10H18N2O/c1-4-5-6-8-10(13)9(7(2)3)12-11-8/h7,13H,4-6H2,1-3H3,(H,11,12). The highest BCUT2D eigenvalue weighted by atomic mass is 16.3. The highest BCUT2D eigenvalue weighted by Gasteiger charge is 2.13. The van der Waals surface area contributed by atoms with Gasteiger partial charge in [0.25, 0.3) is 0 Å². The number of aromatic amines is 1. The van der Waals surface area contributed by atoms with Gasteiger partial charge in [0.1, 0.15) is 5.69 Å². The zero-order valence-corrected chi connectivity index (χ0v) is 8.59. The Labute approximate surface area is 79.2 Å². The van der Waals surface area contributed by atoms with Crippen molar-refractivity contribution in [1.29, 1.82) is 0 Å². The van der Waals surface area contributed by atoms with Crippen molar-refractivity contribution in [3.63, 3.8) is 0 Å². The summed E-state index contributed by atoms with van der Waals surface area (Å²) in [7, 11) is 0. The van der Waals surface area contributed by atoms with Gasteiger partial charge in [-0.2, -0.15) is 5.10 Å². The molecule has 1 rings (SSSR count). The first kappa shape index (κ1) is 10.1. The topological polar surface area (TPSA) is 48.9 Å². The molecule has 0 saturated heterocycles. The van der Waals surface area contributed by atoms with Crippen LogP contribution in [0.5, 0.6) is 5.75 Å². The Morgan fingerprint density at radius 3 is 2.62 bits per heavy atom. The second-order valence-electron chi connectivity index (χ2n) is 3.69. The van der Waals surface area contributed by atoms with E-state index in [2.05, 4.69) is 17.1 Å². The normalized spacial score (nSPS) is 11.1. The predicted molar refractivity (Wildman–Crippen MR) is 53.0 cm³/mol. The van der Waals surface area contributed by atoms with Gasteiger partial charge in [-0.05, 0) is 18.8 Å². The van der Waals surface area contributed by atoms with E-state index in [1.807, 2.05) is 13.8 Å². The fourth-order valence-corrected chi connectivity index (χ4v) is 1.31. The minimum Gasteiger partial charge on any atom is -0.504 e. The lowest BCUT2D eigenvalue weighted by Crippen LogP contribution is -1.87. The van der Waals surface area contributed by atoms with Gasteiger partial charge < -0.3 is 5.11 Å². The Bertz CT molecular complexity index is 266. The molecule has 0 saturated carbocycles. The first-order valence-corrected chi connectivity index (χ1v) is 4.92. The lowest BCUT2D eigenvalue weighted by atomic mass is 10.1. The summed E-state index contributed by atoms with van der Waals surface area (Å²) in [5.41, 5.74) is 1.66. The molecule has 0 aromatic carbocycles. The van der Waals surface area contributed by atoms with E-state index in [1.165, 1.54) is 0 Å². The van der Waals surface area contributed by atoms with Gasteiger partial charge in [-0.3, -0.25) is 5.10 Å². The first-order chi connectivity index (χ1) is 6.16. The van der Waals surface area contributed by atoms with Gasteiger partial charge in [0.2, 0.25) is 0 Å². The zero-order chi connectivity index (χ0) is 9.84. The van der Waals surface area contributed by atoms with Crippen molar-refractivity contribution in [1.82, 2.24) is 10.2 Å². The minimum absolute atomic E-state index is 0.308. The third kappa shape index (κ3) is 2.23. The van der Waals surface area contributed by atoms with Crippen LogP contribution in [0.2, 0.25) is 0 Å². The van der Waals surface area contributed by atoms with Crippen LogP contribution in [0.4, 0.5) is 0 Å².